The van der Waals surface area contributed by atoms with Gasteiger partial charge < -0.3 is 5.11 Å². The largest absolute Gasteiger partial charge is 0.478 e. The van der Waals surface area contributed by atoms with Gasteiger partial charge in [-0.05, 0) is 47.9 Å². The number of sulfonamides is 1. The quantitative estimate of drug-likeness (QED) is 0.709. The molecule has 0 fully saturated rings. The van der Waals surface area contributed by atoms with Gasteiger partial charge in [-0.1, -0.05) is 48.5 Å². The molecule has 132 valence electrons. The fourth-order valence-corrected chi connectivity index (χ4v) is 3.92. The Labute approximate surface area is 152 Å². The van der Waals surface area contributed by atoms with Crippen molar-refractivity contribution in [2.75, 3.05) is 4.72 Å². The Morgan fingerprint density at radius 2 is 1.50 bits per heavy atom. The minimum Gasteiger partial charge on any atom is -0.478 e. The highest BCUT2D eigenvalue weighted by atomic mass is 32.2. The molecule has 0 aliphatic rings. The van der Waals surface area contributed by atoms with Crippen molar-refractivity contribution in [1.82, 2.24) is 0 Å². The Bertz CT molecular complexity index is 1040. The van der Waals surface area contributed by atoms with Gasteiger partial charge in [0.1, 0.15) is 0 Å². The molecule has 0 bridgehead atoms. The van der Waals surface area contributed by atoms with Crippen LogP contribution in [0.2, 0.25) is 0 Å². The summed E-state index contributed by atoms with van der Waals surface area (Å²) in [6.07, 6.45) is 0. The van der Waals surface area contributed by atoms with Crippen LogP contribution in [0.15, 0.2) is 77.7 Å². The number of hydrogen-bond donors (Lipinski definition) is 2. The monoisotopic (exact) mass is 367 g/mol. The first-order chi connectivity index (χ1) is 12.4. The number of rotatable bonds is 5. The van der Waals surface area contributed by atoms with Gasteiger partial charge in [-0.15, -0.1) is 0 Å². The molecule has 0 atom stereocenters. The van der Waals surface area contributed by atoms with Crippen LogP contribution in [-0.2, 0) is 10.0 Å². The van der Waals surface area contributed by atoms with E-state index in [1.807, 2.05) is 42.5 Å². The summed E-state index contributed by atoms with van der Waals surface area (Å²) in [4.78, 5) is 11.1. The average molecular weight is 367 g/mol. The zero-order chi connectivity index (χ0) is 18.7. The smallest absolute Gasteiger partial charge is 0.335 e. The predicted octanol–water partition coefficient (Wildman–Crippen LogP) is 4.16. The van der Waals surface area contributed by atoms with Gasteiger partial charge in [0.05, 0.1) is 10.5 Å². The maximum Gasteiger partial charge on any atom is 0.335 e. The van der Waals surface area contributed by atoms with E-state index in [-0.39, 0.29) is 10.5 Å². The number of nitrogens with one attached hydrogen (secondary N) is 1. The highest BCUT2D eigenvalue weighted by Crippen LogP contribution is 2.24. The number of carboxylic acids is 1. The predicted molar refractivity (Wildman–Crippen MR) is 101 cm³/mol. The van der Waals surface area contributed by atoms with Crippen LogP contribution < -0.4 is 4.72 Å². The second-order valence-corrected chi connectivity index (χ2v) is 7.49. The normalized spacial score (nSPS) is 11.1. The zero-order valence-corrected chi connectivity index (χ0v) is 14.8. The maximum absolute atomic E-state index is 12.6. The summed E-state index contributed by atoms with van der Waals surface area (Å²) in [6, 6.07) is 20.8. The number of hydrogen-bond acceptors (Lipinski definition) is 3. The van der Waals surface area contributed by atoms with Crippen LogP contribution in [0.3, 0.4) is 0 Å². The van der Waals surface area contributed by atoms with Crippen molar-refractivity contribution in [2.24, 2.45) is 0 Å². The Hall–Kier alpha value is -3.12. The van der Waals surface area contributed by atoms with Crippen LogP contribution in [0.5, 0.6) is 0 Å². The molecule has 3 rings (SSSR count). The van der Waals surface area contributed by atoms with Crippen molar-refractivity contribution in [3.8, 4) is 11.1 Å². The van der Waals surface area contributed by atoms with E-state index in [1.54, 1.807) is 19.1 Å². The van der Waals surface area contributed by atoms with Crippen LogP contribution in [0, 0.1) is 6.92 Å². The van der Waals surface area contributed by atoms with Crippen molar-refractivity contribution in [1.29, 1.82) is 0 Å². The molecule has 0 aliphatic heterocycles. The third-order valence-electron chi connectivity index (χ3n) is 3.97. The molecule has 5 nitrogen and oxygen atoms in total. The molecule has 0 radical (unpaired) electrons. The summed E-state index contributed by atoms with van der Waals surface area (Å²) in [6.45, 7) is 1.62. The number of aromatic carboxylic acids is 1. The summed E-state index contributed by atoms with van der Waals surface area (Å²) in [5.74, 6) is -1.17. The van der Waals surface area contributed by atoms with Crippen molar-refractivity contribution in [3.05, 3.63) is 83.9 Å². The molecular formula is C20H17NO4S. The van der Waals surface area contributed by atoms with Crippen LogP contribution >= 0.6 is 0 Å². The van der Waals surface area contributed by atoms with Gasteiger partial charge in [-0.2, -0.15) is 0 Å². The molecular weight excluding hydrogens is 350 g/mol. The summed E-state index contributed by atoms with van der Waals surface area (Å²) < 4.78 is 27.8. The van der Waals surface area contributed by atoms with Gasteiger partial charge in [0.15, 0.2) is 0 Å². The van der Waals surface area contributed by atoms with E-state index in [1.165, 1.54) is 18.2 Å². The summed E-state index contributed by atoms with van der Waals surface area (Å²) in [5.41, 5.74) is 2.81. The van der Waals surface area contributed by atoms with E-state index in [0.29, 0.717) is 11.3 Å². The van der Waals surface area contributed by atoms with Crippen LogP contribution in [0.1, 0.15) is 15.9 Å². The van der Waals surface area contributed by atoms with Crippen molar-refractivity contribution < 1.29 is 18.3 Å². The van der Waals surface area contributed by atoms with E-state index < -0.39 is 16.0 Å². The number of benzene rings is 3. The van der Waals surface area contributed by atoms with Crippen LogP contribution in [0.25, 0.3) is 11.1 Å². The average Bonchev–Trinajstić information content (AvgIpc) is 2.63. The SMILES string of the molecule is Cc1ccc(C(=O)O)cc1S(=O)(=O)Nc1ccc(-c2ccccc2)cc1. The van der Waals surface area contributed by atoms with E-state index in [9.17, 15) is 13.2 Å². The molecule has 0 amide bonds. The lowest BCUT2D eigenvalue weighted by Crippen LogP contribution is -2.15. The second kappa shape index (κ2) is 7.01. The molecule has 3 aromatic carbocycles. The van der Waals surface area contributed by atoms with Crippen molar-refractivity contribution in [3.63, 3.8) is 0 Å². The van der Waals surface area contributed by atoms with Gasteiger partial charge in [-0.25, -0.2) is 13.2 Å². The first-order valence-corrected chi connectivity index (χ1v) is 9.37. The topological polar surface area (TPSA) is 83.5 Å². The van der Waals surface area contributed by atoms with Crippen LogP contribution in [0.4, 0.5) is 5.69 Å². The molecule has 0 saturated carbocycles. The fraction of sp³-hybridized carbons (Fsp3) is 0.0500. The number of anilines is 1. The molecule has 0 aliphatic carbocycles. The molecule has 3 aromatic rings. The van der Waals surface area contributed by atoms with E-state index >= 15 is 0 Å². The fourth-order valence-electron chi connectivity index (χ4n) is 2.59. The van der Waals surface area contributed by atoms with Gasteiger partial charge in [0, 0.05) is 5.69 Å². The molecule has 0 saturated heterocycles. The Morgan fingerprint density at radius 1 is 0.885 bits per heavy atom. The molecule has 0 spiro atoms. The molecule has 6 heteroatoms. The second-order valence-electron chi connectivity index (χ2n) is 5.83. The molecule has 0 aromatic heterocycles. The highest BCUT2D eigenvalue weighted by molar-refractivity contribution is 7.92. The molecule has 26 heavy (non-hydrogen) atoms. The van der Waals surface area contributed by atoms with Gasteiger partial charge in [-0.3, -0.25) is 4.72 Å². The van der Waals surface area contributed by atoms with Gasteiger partial charge in [0.25, 0.3) is 10.0 Å². The number of aryl methyl sites for hydroxylation is 1. The van der Waals surface area contributed by atoms with Crippen molar-refractivity contribution >= 4 is 21.7 Å². The van der Waals surface area contributed by atoms with Crippen molar-refractivity contribution in [2.45, 2.75) is 11.8 Å². The zero-order valence-electron chi connectivity index (χ0n) is 14.0. The van der Waals surface area contributed by atoms with E-state index in [4.69, 9.17) is 5.11 Å². The first kappa shape index (κ1) is 17.7. The Kier molecular flexibility index (Phi) is 4.77. The summed E-state index contributed by atoms with van der Waals surface area (Å²) in [7, 11) is -3.89. The van der Waals surface area contributed by atoms with Gasteiger partial charge in [0.2, 0.25) is 0 Å². The minimum atomic E-state index is -3.89. The lowest BCUT2D eigenvalue weighted by molar-refractivity contribution is 0.0696. The Morgan fingerprint density at radius 3 is 2.12 bits per heavy atom. The standard InChI is InChI=1S/C20H17NO4S/c1-14-7-8-17(20(22)23)13-19(14)26(24,25)21-18-11-9-16(10-12-18)15-5-3-2-4-6-15/h2-13,21H,1H3,(H,22,23). The third-order valence-corrected chi connectivity index (χ3v) is 5.49. The van der Waals surface area contributed by atoms with E-state index in [0.717, 1.165) is 11.1 Å². The Balaban J connectivity index is 1.88. The first-order valence-electron chi connectivity index (χ1n) is 7.89. The molecule has 0 unspecified atom stereocenters. The maximum atomic E-state index is 12.6. The van der Waals surface area contributed by atoms with Gasteiger partial charge >= 0.3 is 5.97 Å². The number of carboxylic acid groups (broad SMARTS) is 1. The molecule has 0 heterocycles. The van der Waals surface area contributed by atoms with E-state index in [2.05, 4.69) is 4.72 Å². The highest BCUT2D eigenvalue weighted by Gasteiger charge is 2.19. The lowest BCUT2D eigenvalue weighted by atomic mass is 10.1. The number of carbonyl (C=O) groups is 1. The van der Waals surface area contributed by atoms with Crippen LogP contribution in [-0.4, -0.2) is 19.5 Å². The summed E-state index contributed by atoms with van der Waals surface area (Å²) >= 11 is 0. The molecule has 2 N–H and O–H groups in total. The summed E-state index contributed by atoms with van der Waals surface area (Å²) in [5, 5.41) is 9.08. The third kappa shape index (κ3) is 3.75. The lowest BCUT2D eigenvalue weighted by Gasteiger charge is -2.12. The minimum absolute atomic E-state index is 0.0514.